The summed E-state index contributed by atoms with van der Waals surface area (Å²) in [7, 11) is 0. The first-order valence-electron chi connectivity index (χ1n) is 5.61. The van der Waals surface area contributed by atoms with E-state index in [1.807, 2.05) is 66.7 Å². The van der Waals surface area contributed by atoms with Crippen LogP contribution in [0.3, 0.4) is 0 Å². The Morgan fingerprint density at radius 2 is 1.67 bits per heavy atom. The van der Waals surface area contributed by atoms with Gasteiger partial charge in [-0.1, -0.05) is 48.5 Å². The normalized spacial score (nSPS) is 11.2. The number of hydrazone groups is 1. The maximum absolute atomic E-state index is 4.13. The smallest absolute Gasteiger partial charge is 0.0703 e. The Bertz CT molecular complexity index is 547. The molecule has 3 heteroatoms. The molecular formula is C15H13BrN2. The van der Waals surface area contributed by atoms with Crippen LogP contribution >= 0.6 is 15.9 Å². The third-order valence-electron chi connectivity index (χ3n) is 2.31. The molecule has 2 aromatic rings. The van der Waals surface area contributed by atoms with Crippen LogP contribution in [0.2, 0.25) is 0 Å². The van der Waals surface area contributed by atoms with Crippen LogP contribution in [0.25, 0.3) is 6.08 Å². The SMILES string of the molecule is Brc1ccccc1NN=CC=Cc1ccccc1. The predicted octanol–water partition coefficient (Wildman–Crippen LogP) is 4.56. The van der Waals surface area contributed by atoms with E-state index in [4.69, 9.17) is 0 Å². The van der Waals surface area contributed by atoms with Gasteiger partial charge in [0.05, 0.1) is 5.69 Å². The number of hydrogen-bond acceptors (Lipinski definition) is 2. The lowest BCUT2D eigenvalue weighted by molar-refractivity contribution is 1.34. The van der Waals surface area contributed by atoms with Gasteiger partial charge in [0.15, 0.2) is 0 Å². The van der Waals surface area contributed by atoms with Crippen molar-refractivity contribution in [2.24, 2.45) is 5.10 Å². The first-order valence-corrected chi connectivity index (χ1v) is 6.41. The van der Waals surface area contributed by atoms with Crippen molar-refractivity contribution in [1.82, 2.24) is 0 Å². The fraction of sp³-hybridized carbons (Fsp3) is 0. The molecule has 2 rings (SSSR count). The minimum absolute atomic E-state index is 0.946. The van der Waals surface area contributed by atoms with E-state index in [0.717, 1.165) is 15.7 Å². The third-order valence-corrected chi connectivity index (χ3v) is 3.00. The van der Waals surface area contributed by atoms with Crippen LogP contribution in [0.15, 0.2) is 70.2 Å². The molecule has 2 nitrogen and oxygen atoms in total. The van der Waals surface area contributed by atoms with Crippen LogP contribution in [-0.2, 0) is 0 Å². The Morgan fingerprint density at radius 1 is 0.944 bits per heavy atom. The van der Waals surface area contributed by atoms with Gasteiger partial charge in [0.2, 0.25) is 0 Å². The highest BCUT2D eigenvalue weighted by atomic mass is 79.9. The average molecular weight is 301 g/mol. The van der Waals surface area contributed by atoms with Gasteiger partial charge in [-0.3, -0.25) is 5.43 Å². The molecule has 0 unspecified atom stereocenters. The highest BCUT2D eigenvalue weighted by Gasteiger charge is 1.93. The number of rotatable bonds is 4. The molecule has 2 aromatic carbocycles. The number of allylic oxidation sites excluding steroid dienone is 1. The van der Waals surface area contributed by atoms with Gasteiger partial charge in [-0.25, -0.2) is 0 Å². The number of benzene rings is 2. The molecule has 90 valence electrons. The number of para-hydroxylation sites is 1. The molecule has 0 spiro atoms. The van der Waals surface area contributed by atoms with E-state index >= 15 is 0 Å². The molecule has 0 bridgehead atoms. The maximum Gasteiger partial charge on any atom is 0.0703 e. The van der Waals surface area contributed by atoms with Gasteiger partial charge in [-0.15, -0.1) is 0 Å². The Kier molecular flexibility index (Phi) is 4.73. The second-order valence-corrected chi connectivity index (χ2v) is 4.49. The van der Waals surface area contributed by atoms with Crippen molar-refractivity contribution < 1.29 is 0 Å². The van der Waals surface area contributed by atoms with Crippen molar-refractivity contribution in [2.45, 2.75) is 0 Å². The number of hydrogen-bond donors (Lipinski definition) is 1. The summed E-state index contributed by atoms with van der Waals surface area (Å²) in [6.45, 7) is 0. The summed E-state index contributed by atoms with van der Waals surface area (Å²) in [6, 6.07) is 18.0. The summed E-state index contributed by atoms with van der Waals surface area (Å²) in [6.07, 6.45) is 5.64. The van der Waals surface area contributed by atoms with E-state index in [2.05, 4.69) is 26.5 Å². The molecule has 0 heterocycles. The van der Waals surface area contributed by atoms with Gasteiger partial charge in [-0.2, -0.15) is 5.10 Å². The largest absolute Gasteiger partial charge is 0.277 e. The summed E-state index contributed by atoms with van der Waals surface area (Å²) < 4.78 is 0.995. The van der Waals surface area contributed by atoms with Crippen molar-refractivity contribution in [1.29, 1.82) is 0 Å². The van der Waals surface area contributed by atoms with Crippen LogP contribution in [-0.4, -0.2) is 6.21 Å². The van der Waals surface area contributed by atoms with Gasteiger partial charge in [-0.05, 0) is 39.7 Å². The fourth-order valence-electron chi connectivity index (χ4n) is 1.42. The van der Waals surface area contributed by atoms with Crippen LogP contribution < -0.4 is 5.43 Å². The van der Waals surface area contributed by atoms with Crippen LogP contribution in [0.1, 0.15) is 5.56 Å². The van der Waals surface area contributed by atoms with E-state index in [-0.39, 0.29) is 0 Å². The number of nitrogens with one attached hydrogen (secondary N) is 1. The van der Waals surface area contributed by atoms with Crippen LogP contribution in [0.4, 0.5) is 5.69 Å². The molecule has 18 heavy (non-hydrogen) atoms. The van der Waals surface area contributed by atoms with E-state index in [1.54, 1.807) is 6.21 Å². The molecule has 0 amide bonds. The number of halogens is 1. The second kappa shape index (κ2) is 6.77. The van der Waals surface area contributed by atoms with Gasteiger partial charge in [0, 0.05) is 10.7 Å². The molecule has 0 fully saturated rings. The van der Waals surface area contributed by atoms with Crippen molar-refractivity contribution in [3.8, 4) is 0 Å². The molecule has 0 saturated heterocycles. The van der Waals surface area contributed by atoms with Gasteiger partial charge < -0.3 is 0 Å². The molecule has 0 radical (unpaired) electrons. The molecule has 0 aliphatic rings. The molecule has 0 saturated carbocycles. The molecule has 0 aliphatic carbocycles. The fourth-order valence-corrected chi connectivity index (χ4v) is 1.79. The standard InChI is InChI=1S/C15H13BrN2/c16-14-10-4-5-11-15(14)18-17-12-6-9-13-7-2-1-3-8-13/h1-12,18H. The Balaban J connectivity index is 1.90. The summed E-state index contributed by atoms with van der Waals surface area (Å²) in [5.41, 5.74) is 5.07. The summed E-state index contributed by atoms with van der Waals surface area (Å²) >= 11 is 3.45. The monoisotopic (exact) mass is 300 g/mol. The van der Waals surface area contributed by atoms with Gasteiger partial charge in [0.1, 0.15) is 0 Å². The molecular weight excluding hydrogens is 288 g/mol. The summed E-state index contributed by atoms with van der Waals surface area (Å²) in [5.74, 6) is 0. The van der Waals surface area contributed by atoms with E-state index < -0.39 is 0 Å². The minimum Gasteiger partial charge on any atom is -0.277 e. The highest BCUT2D eigenvalue weighted by Crippen LogP contribution is 2.20. The van der Waals surface area contributed by atoms with Crippen molar-refractivity contribution in [3.05, 3.63) is 70.7 Å². The van der Waals surface area contributed by atoms with Crippen molar-refractivity contribution in [3.63, 3.8) is 0 Å². The predicted molar refractivity (Wildman–Crippen MR) is 81.7 cm³/mol. The zero-order chi connectivity index (χ0) is 12.6. The molecule has 0 atom stereocenters. The quantitative estimate of drug-likeness (QED) is 0.649. The van der Waals surface area contributed by atoms with E-state index in [1.165, 1.54) is 0 Å². The van der Waals surface area contributed by atoms with E-state index in [0.29, 0.717) is 0 Å². The average Bonchev–Trinajstić information content (AvgIpc) is 2.42. The van der Waals surface area contributed by atoms with Gasteiger partial charge >= 0.3 is 0 Å². The minimum atomic E-state index is 0.946. The number of nitrogens with zero attached hydrogens (tertiary/aromatic N) is 1. The Labute approximate surface area is 115 Å². The van der Waals surface area contributed by atoms with Crippen LogP contribution in [0, 0.1) is 0 Å². The lowest BCUT2D eigenvalue weighted by Gasteiger charge is -2.00. The second-order valence-electron chi connectivity index (χ2n) is 3.64. The zero-order valence-electron chi connectivity index (χ0n) is 9.75. The maximum atomic E-state index is 4.13. The van der Waals surface area contributed by atoms with Crippen molar-refractivity contribution in [2.75, 3.05) is 5.43 Å². The summed E-state index contributed by atoms with van der Waals surface area (Å²) in [5, 5.41) is 4.13. The first kappa shape index (κ1) is 12.6. The zero-order valence-corrected chi connectivity index (χ0v) is 11.3. The van der Waals surface area contributed by atoms with E-state index in [9.17, 15) is 0 Å². The Hall–Kier alpha value is -1.87. The van der Waals surface area contributed by atoms with Crippen molar-refractivity contribution >= 4 is 33.9 Å². The number of anilines is 1. The third kappa shape index (κ3) is 3.86. The Morgan fingerprint density at radius 3 is 2.44 bits per heavy atom. The summed E-state index contributed by atoms with van der Waals surface area (Å²) in [4.78, 5) is 0. The molecule has 0 aromatic heterocycles. The van der Waals surface area contributed by atoms with Gasteiger partial charge in [0.25, 0.3) is 0 Å². The molecule has 1 N–H and O–H groups in total. The first-order chi connectivity index (χ1) is 8.86. The molecule has 0 aliphatic heterocycles. The lowest BCUT2D eigenvalue weighted by atomic mass is 10.2. The topological polar surface area (TPSA) is 24.4 Å². The van der Waals surface area contributed by atoms with Crippen LogP contribution in [0.5, 0.6) is 0 Å². The highest BCUT2D eigenvalue weighted by molar-refractivity contribution is 9.10. The lowest BCUT2D eigenvalue weighted by Crippen LogP contribution is -1.88.